The van der Waals surface area contributed by atoms with Gasteiger partial charge in [0.1, 0.15) is 0 Å². The van der Waals surface area contributed by atoms with Gasteiger partial charge >= 0.3 is 0 Å². The van der Waals surface area contributed by atoms with Crippen LogP contribution in [0, 0.1) is 0 Å². The minimum Gasteiger partial charge on any atom is -0.339 e. The van der Waals surface area contributed by atoms with Gasteiger partial charge in [-0.25, -0.2) is 0 Å². The lowest BCUT2D eigenvalue weighted by atomic mass is 10.2. The summed E-state index contributed by atoms with van der Waals surface area (Å²) in [6.07, 6.45) is 2.25. The summed E-state index contributed by atoms with van der Waals surface area (Å²) in [5.41, 5.74) is 0.750. The van der Waals surface area contributed by atoms with Crippen molar-refractivity contribution in [2.45, 2.75) is 12.8 Å². The second-order valence-electron chi connectivity index (χ2n) is 3.62. The van der Waals surface area contributed by atoms with Crippen LogP contribution in [0.25, 0.3) is 0 Å². The van der Waals surface area contributed by atoms with Crippen LogP contribution in [0.2, 0.25) is 0 Å². The van der Waals surface area contributed by atoms with E-state index in [1.54, 1.807) is 0 Å². The van der Waals surface area contributed by atoms with Crippen LogP contribution in [0.15, 0.2) is 27.1 Å². The van der Waals surface area contributed by atoms with E-state index in [-0.39, 0.29) is 5.91 Å². The summed E-state index contributed by atoms with van der Waals surface area (Å²) in [6.45, 7) is 1.78. The van der Waals surface area contributed by atoms with Gasteiger partial charge in [0, 0.05) is 22.0 Å². The zero-order valence-electron chi connectivity index (χ0n) is 8.17. The third-order valence-electron chi connectivity index (χ3n) is 2.55. The minimum atomic E-state index is 0.131. The van der Waals surface area contributed by atoms with Gasteiger partial charge in [-0.2, -0.15) is 0 Å². The zero-order chi connectivity index (χ0) is 10.8. The normalized spacial score (nSPS) is 15.7. The molecule has 1 aromatic carbocycles. The number of carbonyl (C=O) groups excluding carboxylic acids is 1. The smallest absolute Gasteiger partial charge is 0.254 e. The van der Waals surface area contributed by atoms with Crippen LogP contribution in [0.5, 0.6) is 0 Å². The lowest BCUT2D eigenvalue weighted by molar-refractivity contribution is 0.0792. The monoisotopic (exact) mass is 331 g/mol. The Kier molecular flexibility index (Phi) is 3.46. The Bertz CT molecular complexity index is 386. The Morgan fingerprint density at radius 3 is 2.47 bits per heavy atom. The van der Waals surface area contributed by atoms with Gasteiger partial charge in [0.15, 0.2) is 0 Å². The highest BCUT2D eigenvalue weighted by molar-refractivity contribution is 9.11. The fraction of sp³-hybridized carbons (Fsp3) is 0.364. The Hall–Kier alpha value is -0.350. The molecule has 0 bridgehead atoms. The highest BCUT2D eigenvalue weighted by atomic mass is 79.9. The fourth-order valence-corrected chi connectivity index (χ4v) is 2.97. The highest BCUT2D eigenvalue weighted by Gasteiger charge is 2.20. The van der Waals surface area contributed by atoms with Gasteiger partial charge in [-0.1, -0.05) is 15.9 Å². The molecule has 1 aliphatic heterocycles. The quantitative estimate of drug-likeness (QED) is 0.771. The predicted octanol–water partition coefficient (Wildman–Crippen LogP) is 3.45. The molecule has 1 heterocycles. The molecule has 1 amide bonds. The first kappa shape index (κ1) is 11.1. The summed E-state index contributed by atoms with van der Waals surface area (Å²) >= 11 is 6.79. The Morgan fingerprint density at radius 1 is 1.20 bits per heavy atom. The van der Waals surface area contributed by atoms with Crippen molar-refractivity contribution < 1.29 is 4.79 Å². The van der Waals surface area contributed by atoms with Crippen LogP contribution < -0.4 is 0 Å². The maximum atomic E-state index is 12.1. The van der Waals surface area contributed by atoms with Gasteiger partial charge in [-0.3, -0.25) is 4.79 Å². The number of carbonyl (C=O) groups is 1. The van der Waals surface area contributed by atoms with Crippen molar-refractivity contribution >= 4 is 37.8 Å². The van der Waals surface area contributed by atoms with Gasteiger partial charge in [0.25, 0.3) is 5.91 Å². The van der Waals surface area contributed by atoms with Crippen LogP contribution in [-0.2, 0) is 0 Å². The van der Waals surface area contributed by atoms with Crippen LogP contribution in [-0.4, -0.2) is 23.9 Å². The second kappa shape index (κ2) is 4.66. The average molecular weight is 333 g/mol. The molecule has 2 rings (SSSR count). The molecule has 4 heteroatoms. The lowest BCUT2D eigenvalue weighted by Crippen LogP contribution is -2.27. The van der Waals surface area contributed by atoms with Crippen LogP contribution in [0.1, 0.15) is 23.2 Å². The Balaban J connectivity index is 2.24. The standard InChI is InChI=1S/C11H11Br2NO/c12-8-3-4-9(10(13)7-8)11(15)14-5-1-2-6-14/h3-4,7H,1-2,5-6H2. The summed E-state index contributed by atoms with van der Waals surface area (Å²) < 4.78 is 1.83. The first-order valence-electron chi connectivity index (χ1n) is 4.93. The molecule has 0 spiro atoms. The first-order valence-corrected chi connectivity index (χ1v) is 6.51. The van der Waals surface area contributed by atoms with E-state index in [9.17, 15) is 4.79 Å². The predicted molar refractivity (Wildman–Crippen MR) is 67.0 cm³/mol. The van der Waals surface area contributed by atoms with Gasteiger partial charge in [-0.15, -0.1) is 0 Å². The minimum absolute atomic E-state index is 0.131. The molecule has 1 fully saturated rings. The van der Waals surface area contributed by atoms with Crippen molar-refractivity contribution in [1.29, 1.82) is 0 Å². The van der Waals surface area contributed by atoms with E-state index < -0.39 is 0 Å². The number of rotatable bonds is 1. The molecule has 0 atom stereocenters. The van der Waals surface area contributed by atoms with Crippen molar-refractivity contribution in [3.05, 3.63) is 32.7 Å². The maximum Gasteiger partial charge on any atom is 0.254 e. The number of amides is 1. The molecule has 80 valence electrons. The molecule has 1 aliphatic rings. The van der Waals surface area contributed by atoms with E-state index in [2.05, 4.69) is 31.9 Å². The number of halogens is 2. The molecule has 0 saturated carbocycles. The van der Waals surface area contributed by atoms with E-state index in [1.807, 2.05) is 23.1 Å². The largest absolute Gasteiger partial charge is 0.339 e. The highest BCUT2D eigenvalue weighted by Crippen LogP contribution is 2.24. The number of nitrogens with zero attached hydrogens (tertiary/aromatic N) is 1. The Morgan fingerprint density at radius 2 is 1.87 bits per heavy atom. The first-order chi connectivity index (χ1) is 7.18. The molecule has 2 nitrogen and oxygen atoms in total. The fourth-order valence-electron chi connectivity index (χ4n) is 1.75. The van der Waals surface area contributed by atoms with Gasteiger partial charge in [-0.05, 0) is 47.0 Å². The third-order valence-corrected chi connectivity index (χ3v) is 3.70. The summed E-state index contributed by atoms with van der Waals surface area (Å²) in [7, 11) is 0. The van der Waals surface area contributed by atoms with Crippen LogP contribution in [0.3, 0.4) is 0 Å². The molecule has 0 aromatic heterocycles. The van der Waals surface area contributed by atoms with Crippen molar-refractivity contribution in [1.82, 2.24) is 4.90 Å². The maximum absolute atomic E-state index is 12.1. The molecule has 0 unspecified atom stereocenters. The molecular formula is C11H11Br2NO. The van der Waals surface area contributed by atoms with Crippen molar-refractivity contribution in [2.75, 3.05) is 13.1 Å². The summed E-state index contributed by atoms with van der Waals surface area (Å²) in [4.78, 5) is 14.0. The number of benzene rings is 1. The van der Waals surface area contributed by atoms with Gasteiger partial charge in [0.2, 0.25) is 0 Å². The molecule has 0 aliphatic carbocycles. The summed E-state index contributed by atoms with van der Waals surface area (Å²) in [5.74, 6) is 0.131. The molecule has 0 radical (unpaired) electrons. The molecular weight excluding hydrogens is 322 g/mol. The van der Waals surface area contributed by atoms with E-state index >= 15 is 0 Å². The second-order valence-corrected chi connectivity index (χ2v) is 5.39. The lowest BCUT2D eigenvalue weighted by Gasteiger charge is -2.16. The van der Waals surface area contributed by atoms with Gasteiger partial charge < -0.3 is 4.90 Å². The van der Waals surface area contributed by atoms with Crippen molar-refractivity contribution in [3.63, 3.8) is 0 Å². The molecule has 1 saturated heterocycles. The molecule has 15 heavy (non-hydrogen) atoms. The zero-order valence-corrected chi connectivity index (χ0v) is 11.3. The van der Waals surface area contributed by atoms with Crippen molar-refractivity contribution in [2.24, 2.45) is 0 Å². The summed E-state index contributed by atoms with van der Waals surface area (Å²) in [5, 5.41) is 0. The van der Waals surface area contributed by atoms with Crippen LogP contribution >= 0.6 is 31.9 Å². The Labute approximate surface area is 106 Å². The van der Waals surface area contributed by atoms with E-state index in [0.29, 0.717) is 0 Å². The molecule has 0 N–H and O–H groups in total. The van der Waals surface area contributed by atoms with Crippen LogP contribution in [0.4, 0.5) is 0 Å². The van der Waals surface area contributed by atoms with Gasteiger partial charge in [0.05, 0.1) is 5.56 Å². The number of likely N-dealkylation sites (tertiary alicyclic amines) is 1. The number of hydrogen-bond acceptors (Lipinski definition) is 1. The van der Waals surface area contributed by atoms with Crippen molar-refractivity contribution in [3.8, 4) is 0 Å². The topological polar surface area (TPSA) is 20.3 Å². The summed E-state index contributed by atoms with van der Waals surface area (Å²) in [6, 6.07) is 5.66. The third kappa shape index (κ3) is 2.42. The SMILES string of the molecule is O=C(c1ccc(Br)cc1Br)N1CCCC1. The average Bonchev–Trinajstić information content (AvgIpc) is 2.69. The van der Waals surface area contributed by atoms with E-state index in [1.165, 1.54) is 0 Å². The van der Waals surface area contributed by atoms with E-state index in [0.717, 1.165) is 40.4 Å². The molecule has 1 aromatic rings. The van der Waals surface area contributed by atoms with E-state index in [4.69, 9.17) is 0 Å². The number of hydrogen-bond donors (Lipinski definition) is 0.